The maximum Gasteiger partial charge on any atom is 0.146 e. The van der Waals surface area contributed by atoms with Crippen LogP contribution >= 0.6 is 0 Å². The molecule has 1 heterocycles. The Kier molecular flexibility index (Phi) is 2.65. The molecule has 0 aliphatic heterocycles. The van der Waals surface area contributed by atoms with Gasteiger partial charge in [0.25, 0.3) is 0 Å². The lowest BCUT2D eigenvalue weighted by Crippen LogP contribution is -1.94. The van der Waals surface area contributed by atoms with Crippen molar-refractivity contribution < 1.29 is 4.39 Å². The van der Waals surface area contributed by atoms with Gasteiger partial charge >= 0.3 is 0 Å². The van der Waals surface area contributed by atoms with E-state index in [9.17, 15) is 4.39 Å². The Hall–Kier alpha value is -2.42. The Morgan fingerprint density at radius 3 is 2.61 bits per heavy atom. The van der Waals surface area contributed by atoms with E-state index < -0.39 is 0 Å². The summed E-state index contributed by atoms with van der Waals surface area (Å²) in [5.41, 5.74) is 2.16. The van der Waals surface area contributed by atoms with E-state index in [1.165, 1.54) is 6.07 Å². The van der Waals surface area contributed by atoms with Gasteiger partial charge in [-0.25, -0.2) is 4.39 Å². The molecule has 0 radical (unpaired) electrons. The van der Waals surface area contributed by atoms with Gasteiger partial charge in [0, 0.05) is 5.39 Å². The summed E-state index contributed by atoms with van der Waals surface area (Å²) in [7, 11) is 0. The number of rotatable bonds is 2. The summed E-state index contributed by atoms with van der Waals surface area (Å²) in [5.74, 6) is -0.273. The monoisotopic (exact) mass is 238 g/mol. The number of halogens is 1. The third-order valence-electron chi connectivity index (χ3n) is 2.74. The summed E-state index contributed by atoms with van der Waals surface area (Å²) in [4.78, 5) is 4.32. The fourth-order valence-electron chi connectivity index (χ4n) is 1.86. The van der Waals surface area contributed by atoms with Crippen LogP contribution in [0.15, 0.2) is 60.8 Å². The van der Waals surface area contributed by atoms with Crippen molar-refractivity contribution in [3.63, 3.8) is 0 Å². The van der Waals surface area contributed by atoms with Crippen LogP contribution in [-0.4, -0.2) is 4.98 Å². The Labute approximate surface area is 104 Å². The van der Waals surface area contributed by atoms with Gasteiger partial charge in [0.1, 0.15) is 5.82 Å². The molecule has 2 nitrogen and oxygen atoms in total. The summed E-state index contributed by atoms with van der Waals surface area (Å²) in [5, 5.41) is 4.05. The number of nitrogens with zero attached hydrogens (tertiary/aromatic N) is 1. The van der Waals surface area contributed by atoms with Crippen LogP contribution in [0, 0.1) is 5.82 Å². The van der Waals surface area contributed by atoms with E-state index in [0.717, 1.165) is 16.6 Å². The van der Waals surface area contributed by atoms with Crippen LogP contribution in [0.4, 0.5) is 15.8 Å². The minimum atomic E-state index is -0.273. The first kappa shape index (κ1) is 10.7. The Morgan fingerprint density at radius 2 is 1.72 bits per heavy atom. The van der Waals surface area contributed by atoms with Gasteiger partial charge in [-0.2, -0.15) is 0 Å². The van der Waals surface area contributed by atoms with Crippen LogP contribution in [0.25, 0.3) is 10.9 Å². The molecule has 2 aromatic carbocycles. The fraction of sp³-hybridized carbons (Fsp3) is 0. The van der Waals surface area contributed by atoms with Gasteiger partial charge in [0.15, 0.2) is 0 Å². The lowest BCUT2D eigenvalue weighted by Gasteiger charge is -2.07. The predicted octanol–water partition coefficient (Wildman–Crippen LogP) is 4.12. The number of hydrogen-bond acceptors (Lipinski definition) is 2. The molecule has 0 atom stereocenters. The SMILES string of the molecule is Fc1ccccc1Nc1cnc2ccccc2c1. The van der Waals surface area contributed by atoms with Gasteiger partial charge < -0.3 is 5.32 Å². The first-order valence-corrected chi connectivity index (χ1v) is 5.69. The number of hydrogen-bond donors (Lipinski definition) is 1. The molecular formula is C15H11FN2. The lowest BCUT2D eigenvalue weighted by molar-refractivity contribution is 0.632. The maximum atomic E-state index is 13.5. The molecule has 3 aromatic rings. The van der Waals surface area contributed by atoms with E-state index in [1.54, 1.807) is 24.4 Å². The molecule has 0 saturated carbocycles. The Morgan fingerprint density at radius 1 is 0.944 bits per heavy atom. The van der Waals surface area contributed by atoms with E-state index in [-0.39, 0.29) is 5.82 Å². The highest BCUT2D eigenvalue weighted by Crippen LogP contribution is 2.21. The highest BCUT2D eigenvalue weighted by Gasteiger charge is 2.02. The van der Waals surface area contributed by atoms with Gasteiger partial charge in [-0.1, -0.05) is 30.3 Å². The molecule has 0 bridgehead atoms. The van der Waals surface area contributed by atoms with Gasteiger partial charge in [0.2, 0.25) is 0 Å². The zero-order chi connectivity index (χ0) is 12.4. The second-order valence-corrected chi connectivity index (χ2v) is 4.02. The summed E-state index contributed by atoms with van der Waals surface area (Å²) in [6.07, 6.45) is 1.70. The molecule has 3 rings (SSSR count). The van der Waals surface area contributed by atoms with Crippen molar-refractivity contribution in [2.75, 3.05) is 5.32 Å². The van der Waals surface area contributed by atoms with Crippen LogP contribution < -0.4 is 5.32 Å². The maximum absolute atomic E-state index is 13.5. The normalized spacial score (nSPS) is 10.5. The van der Waals surface area contributed by atoms with E-state index in [1.807, 2.05) is 30.3 Å². The summed E-state index contributed by atoms with van der Waals surface area (Å²) in [6, 6.07) is 16.4. The number of aromatic nitrogens is 1. The second-order valence-electron chi connectivity index (χ2n) is 4.02. The minimum Gasteiger partial charge on any atom is -0.352 e. The van der Waals surface area contributed by atoms with Gasteiger partial charge in [-0.05, 0) is 24.3 Å². The highest BCUT2D eigenvalue weighted by atomic mass is 19.1. The largest absolute Gasteiger partial charge is 0.352 e. The number of nitrogens with one attached hydrogen (secondary N) is 1. The number of anilines is 2. The van der Waals surface area contributed by atoms with Crippen LogP contribution in [0.5, 0.6) is 0 Å². The molecule has 18 heavy (non-hydrogen) atoms. The number of para-hydroxylation sites is 2. The van der Waals surface area contributed by atoms with E-state index in [2.05, 4.69) is 10.3 Å². The fourth-order valence-corrected chi connectivity index (χ4v) is 1.86. The van der Waals surface area contributed by atoms with Gasteiger partial charge in [0.05, 0.1) is 23.1 Å². The molecule has 0 unspecified atom stereocenters. The van der Waals surface area contributed by atoms with Crippen molar-refractivity contribution in [2.24, 2.45) is 0 Å². The third-order valence-corrected chi connectivity index (χ3v) is 2.74. The van der Waals surface area contributed by atoms with Crippen LogP contribution in [-0.2, 0) is 0 Å². The van der Waals surface area contributed by atoms with Crippen LogP contribution in [0.2, 0.25) is 0 Å². The lowest BCUT2D eigenvalue weighted by atomic mass is 10.2. The molecule has 0 fully saturated rings. The zero-order valence-corrected chi connectivity index (χ0v) is 9.60. The molecule has 88 valence electrons. The van der Waals surface area contributed by atoms with Crippen molar-refractivity contribution in [3.05, 3.63) is 66.6 Å². The van der Waals surface area contributed by atoms with Gasteiger partial charge in [-0.3, -0.25) is 4.98 Å². The van der Waals surface area contributed by atoms with Crippen molar-refractivity contribution >= 4 is 22.3 Å². The second kappa shape index (κ2) is 4.45. The molecule has 3 heteroatoms. The van der Waals surface area contributed by atoms with Gasteiger partial charge in [-0.15, -0.1) is 0 Å². The van der Waals surface area contributed by atoms with Crippen molar-refractivity contribution in [1.29, 1.82) is 0 Å². The van der Waals surface area contributed by atoms with Crippen molar-refractivity contribution in [3.8, 4) is 0 Å². The van der Waals surface area contributed by atoms with Crippen molar-refractivity contribution in [1.82, 2.24) is 4.98 Å². The molecule has 0 spiro atoms. The highest BCUT2D eigenvalue weighted by molar-refractivity contribution is 5.82. The molecule has 0 amide bonds. The molecule has 0 aliphatic carbocycles. The average Bonchev–Trinajstić information content (AvgIpc) is 2.41. The number of benzene rings is 2. The Balaban J connectivity index is 1.98. The molecule has 1 N–H and O–H groups in total. The summed E-state index contributed by atoms with van der Waals surface area (Å²) >= 11 is 0. The summed E-state index contributed by atoms with van der Waals surface area (Å²) in [6.45, 7) is 0. The molecule has 0 aliphatic rings. The first-order valence-electron chi connectivity index (χ1n) is 5.69. The summed E-state index contributed by atoms with van der Waals surface area (Å²) < 4.78 is 13.5. The molecule has 0 saturated heterocycles. The van der Waals surface area contributed by atoms with E-state index in [0.29, 0.717) is 5.69 Å². The first-order chi connectivity index (χ1) is 8.83. The number of fused-ring (bicyclic) bond motifs is 1. The molecular weight excluding hydrogens is 227 g/mol. The quantitative estimate of drug-likeness (QED) is 0.726. The predicted molar refractivity (Wildman–Crippen MR) is 71.4 cm³/mol. The van der Waals surface area contributed by atoms with Crippen molar-refractivity contribution in [2.45, 2.75) is 0 Å². The average molecular weight is 238 g/mol. The standard InChI is InChI=1S/C15H11FN2/c16-13-6-2-4-8-15(13)18-12-9-11-5-1-3-7-14(11)17-10-12/h1-10,18H. The van der Waals surface area contributed by atoms with Crippen LogP contribution in [0.1, 0.15) is 0 Å². The minimum absolute atomic E-state index is 0.273. The Bertz CT molecular complexity index is 695. The van der Waals surface area contributed by atoms with E-state index in [4.69, 9.17) is 0 Å². The number of pyridine rings is 1. The topological polar surface area (TPSA) is 24.9 Å². The zero-order valence-electron chi connectivity index (χ0n) is 9.60. The van der Waals surface area contributed by atoms with E-state index >= 15 is 0 Å². The molecule has 1 aromatic heterocycles. The third kappa shape index (κ3) is 2.02. The smallest absolute Gasteiger partial charge is 0.146 e. The van der Waals surface area contributed by atoms with Crippen LogP contribution in [0.3, 0.4) is 0 Å².